The van der Waals surface area contributed by atoms with Crippen LogP contribution in [0.2, 0.25) is 0 Å². The first kappa shape index (κ1) is 15.2. The lowest BCUT2D eigenvalue weighted by Crippen LogP contribution is -2.49. The summed E-state index contributed by atoms with van der Waals surface area (Å²) in [4.78, 5) is 26.1. The zero-order valence-corrected chi connectivity index (χ0v) is 13.6. The van der Waals surface area contributed by atoms with Gasteiger partial charge in [0.05, 0.1) is 12.0 Å². The van der Waals surface area contributed by atoms with E-state index in [0.717, 1.165) is 17.7 Å². The second kappa shape index (κ2) is 5.83. The topological polar surface area (TPSA) is 58.6 Å². The molecule has 118 valence electrons. The molecular weight excluding hydrogens is 300 g/mol. The van der Waals surface area contributed by atoms with Gasteiger partial charge in [0.1, 0.15) is 11.8 Å². The molecule has 2 fully saturated rings. The van der Waals surface area contributed by atoms with Crippen molar-refractivity contribution in [3.05, 3.63) is 29.8 Å². The fraction of sp³-hybridized carbons (Fsp3) is 0.500. The molecule has 2 aliphatic heterocycles. The average Bonchev–Trinajstić information content (AvgIpc) is 3.02. The van der Waals surface area contributed by atoms with Gasteiger partial charge in [-0.25, -0.2) is 0 Å². The van der Waals surface area contributed by atoms with Crippen molar-refractivity contribution < 1.29 is 14.3 Å². The number of fused-ring (bicyclic) bond motifs is 1. The van der Waals surface area contributed by atoms with Crippen molar-refractivity contribution in [1.29, 1.82) is 0 Å². The molecule has 1 N–H and O–H groups in total. The Kier molecular flexibility index (Phi) is 4.04. The van der Waals surface area contributed by atoms with Gasteiger partial charge in [0.25, 0.3) is 0 Å². The monoisotopic (exact) mass is 320 g/mol. The lowest BCUT2D eigenvalue weighted by Gasteiger charge is -2.29. The Morgan fingerprint density at radius 3 is 2.86 bits per heavy atom. The molecule has 2 heterocycles. The minimum Gasteiger partial charge on any atom is -0.497 e. The van der Waals surface area contributed by atoms with E-state index in [-0.39, 0.29) is 22.7 Å². The van der Waals surface area contributed by atoms with E-state index in [0.29, 0.717) is 18.7 Å². The molecule has 3 rings (SSSR count). The largest absolute Gasteiger partial charge is 0.497 e. The molecule has 0 bridgehead atoms. The highest BCUT2D eigenvalue weighted by molar-refractivity contribution is 8.01. The van der Waals surface area contributed by atoms with Crippen molar-refractivity contribution in [3.63, 3.8) is 0 Å². The first-order chi connectivity index (χ1) is 10.5. The summed E-state index contributed by atoms with van der Waals surface area (Å²) in [5.74, 6) is 1.50. The first-order valence-corrected chi connectivity index (χ1v) is 8.39. The molecule has 1 aromatic carbocycles. The van der Waals surface area contributed by atoms with Crippen molar-refractivity contribution in [3.8, 4) is 5.75 Å². The number of ether oxygens (including phenoxy) is 1. The van der Waals surface area contributed by atoms with Crippen LogP contribution in [0.3, 0.4) is 0 Å². The average molecular weight is 320 g/mol. The molecule has 2 atom stereocenters. The standard InChI is InChI=1S/C16H20N2O3S/c1-16-8-7-14(19)18(16)13(10-22-16)15(20)17-9-11-3-5-12(21-2)6-4-11/h3-6,13H,7-10H2,1-2H3,(H,17,20)/t13-,16+/m0/s1. The second-order valence-corrected chi connectivity index (χ2v) is 7.33. The van der Waals surface area contributed by atoms with Crippen LogP contribution in [0.15, 0.2) is 24.3 Å². The van der Waals surface area contributed by atoms with E-state index in [4.69, 9.17) is 4.74 Å². The molecule has 5 nitrogen and oxygen atoms in total. The van der Waals surface area contributed by atoms with E-state index in [2.05, 4.69) is 12.2 Å². The Morgan fingerprint density at radius 2 is 2.18 bits per heavy atom. The summed E-state index contributed by atoms with van der Waals surface area (Å²) in [6.07, 6.45) is 1.38. The molecule has 0 unspecified atom stereocenters. The van der Waals surface area contributed by atoms with Crippen molar-refractivity contribution in [2.75, 3.05) is 12.9 Å². The minimum atomic E-state index is -0.344. The van der Waals surface area contributed by atoms with Crippen LogP contribution >= 0.6 is 11.8 Å². The Morgan fingerprint density at radius 1 is 1.45 bits per heavy atom. The van der Waals surface area contributed by atoms with Gasteiger partial charge in [0, 0.05) is 18.7 Å². The molecule has 2 saturated heterocycles. The zero-order chi connectivity index (χ0) is 15.7. The van der Waals surface area contributed by atoms with Gasteiger partial charge in [-0.05, 0) is 31.0 Å². The second-order valence-electron chi connectivity index (χ2n) is 5.83. The zero-order valence-electron chi connectivity index (χ0n) is 12.8. The molecule has 6 heteroatoms. The number of methoxy groups -OCH3 is 1. The van der Waals surface area contributed by atoms with E-state index in [1.165, 1.54) is 0 Å². The number of nitrogens with zero attached hydrogens (tertiary/aromatic N) is 1. The Bertz CT molecular complexity index is 590. The smallest absolute Gasteiger partial charge is 0.243 e. The van der Waals surface area contributed by atoms with Crippen LogP contribution in [-0.4, -0.2) is 40.5 Å². The fourth-order valence-corrected chi connectivity index (χ4v) is 4.50. The Labute approximate surface area is 134 Å². The van der Waals surface area contributed by atoms with E-state index in [1.807, 2.05) is 24.3 Å². The number of nitrogens with one attached hydrogen (secondary N) is 1. The van der Waals surface area contributed by atoms with Gasteiger partial charge in [-0.3, -0.25) is 9.59 Å². The van der Waals surface area contributed by atoms with Crippen molar-refractivity contribution in [1.82, 2.24) is 10.2 Å². The highest BCUT2D eigenvalue weighted by atomic mass is 32.2. The number of hydrogen-bond donors (Lipinski definition) is 1. The number of rotatable bonds is 4. The number of carbonyl (C=O) groups excluding carboxylic acids is 2. The third kappa shape index (κ3) is 2.67. The van der Waals surface area contributed by atoms with Gasteiger partial charge in [-0.1, -0.05) is 12.1 Å². The number of carbonyl (C=O) groups is 2. The van der Waals surface area contributed by atoms with E-state index < -0.39 is 0 Å². The SMILES string of the molecule is COc1ccc(CNC(=O)[C@@H]2CS[C@]3(C)CCC(=O)N23)cc1. The maximum Gasteiger partial charge on any atom is 0.243 e. The molecule has 1 aromatic rings. The van der Waals surface area contributed by atoms with Crippen LogP contribution in [0, 0.1) is 0 Å². The van der Waals surface area contributed by atoms with Gasteiger partial charge in [-0.15, -0.1) is 11.8 Å². The van der Waals surface area contributed by atoms with E-state index in [1.54, 1.807) is 23.8 Å². The third-order valence-electron chi connectivity index (χ3n) is 4.37. The van der Waals surface area contributed by atoms with Crippen LogP contribution in [0.4, 0.5) is 0 Å². The van der Waals surface area contributed by atoms with Crippen LogP contribution in [-0.2, 0) is 16.1 Å². The number of amides is 2. The lowest BCUT2D eigenvalue weighted by molar-refractivity contribution is -0.138. The van der Waals surface area contributed by atoms with Gasteiger partial charge in [0.2, 0.25) is 11.8 Å². The summed E-state index contributed by atoms with van der Waals surface area (Å²) in [6.45, 7) is 2.52. The Hall–Kier alpha value is -1.69. The normalized spacial score (nSPS) is 26.9. The van der Waals surface area contributed by atoms with Gasteiger partial charge in [-0.2, -0.15) is 0 Å². The summed E-state index contributed by atoms with van der Waals surface area (Å²) in [6, 6.07) is 7.24. The predicted octanol–water partition coefficient (Wildman–Crippen LogP) is 1.77. The van der Waals surface area contributed by atoms with E-state index >= 15 is 0 Å². The van der Waals surface area contributed by atoms with E-state index in [9.17, 15) is 9.59 Å². The van der Waals surface area contributed by atoms with Gasteiger partial charge >= 0.3 is 0 Å². The minimum absolute atomic E-state index is 0.0673. The summed E-state index contributed by atoms with van der Waals surface area (Å²) in [5.41, 5.74) is 1.01. The molecule has 2 aliphatic rings. The molecule has 0 aliphatic carbocycles. The molecule has 0 saturated carbocycles. The van der Waals surface area contributed by atoms with Crippen molar-refractivity contribution in [2.24, 2.45) is 0 Å². The summed E-state index contributed by atoms with van der Waals surface area (Å²) < 4.78 is 5.11. The van der Waals surface area contributed by atoms with Crippen molar-refractivity contribution in [2.45, 2.75) is 37.2 Å². The molecular formula is C16H20N2O3S. The van der Waals surface area contributed by atoms with Crippen molar-refractivity contribution >= 4 is 23.6 Å². The number of benzene rings is 1. The summed E-state index contributed by atoms with van der Waals surface area (Å²) >= 11 is 1.71. The molecule has 0 radical (unpaired) electrons. The molecule has 22 heavy (non-hydrogen) atoms. The fourth-order valence-electron chi connectivity index (χ4n) is 3.07. The quantitative estimate of drug-likeness (QED) is 0.918. The maximum atomic E-state index is 12.4. The number of hydrogen-bond acceptors (Lipinski definition) is 4. The highest BCUT2D eigenvalue weighted by Crippen LogP contribution is 2.47. The van der Waals surface area contributed by atoms with Crippen LogP contribution < -0.4 is 10.1 Å². The first-order valence-electron chi connectivity index (χ1n) is 7.40. The third-order valence-corrected chi connectivity index (χ3v) is 5.88. The number of thioether (sulfide) groups is 1. The van der Waals surface area contributed by atoms with Crippen LogP contribution in [0.25, 0.3) is 0 Å². The lowest BCUT2D eigenvalue weighted by atomic mass is 10.2. The van der Waals surface area contributed by atoms with Gasteiger partial charge < -0.3 is 15.0 Å². The molecule has 2 amide bonds. The molecule has 0 aromatic heterocycles. The highest BCUT2D eigenvalue weighted by Gasteiger charge is 2.52. The van der Waals surface area contributed by atoms with Gasteiger partial charge in [0.15, 0.2) is 0 Å². The molecule has 0 spiro atoms. The predicted molar refractivity (Wildman–Crippen MR) is 85.6 cm³/mol. The maximum absolute atomic E-state index is 12.4. The summed E-state index contributed by atoms with van der Waals surface area (Å²) in [7, 11) is 1.62. The van der Waals surface area contributed by atoms with Crippen LogP contribution in [0.5, 0.6) is 5.75 Å². The summed E-state index contributed by atoms with van der Waals surface area (Å²) in [5, 5.41) is 2.94. The van der Waals surface area contributed by atoms with Crippen LogP contribution in [0.1, 0.15) is 25.3 Å². The Balaban J connectivity index is 1.61.